The van der Waals surface area contributed by atoms with Crippen LogP contribution in [0.2, 0.25) is 0 Å². The number of benzene rings is 2. The summed E-state index contributed by atoms with van der Waals surface area (Å²) in [7, 11) is -4.46. The molecule has 146 valence electrons. The van der Waals surface area contributed by atoms with E-state index >= 15 is 0 Å². The molecule has 0 saturated carbocycles. The van der Waals surface area contributed by atoms with Crippen molar-refractivity contribution < 1.29 is 30.8 Å². The zero-order valence-electron chi connectivity index (χ0n) is 13.9. The molecule has 1 amide bonds. The number of rotatable bonds is 7. The molecule has 0 unspecified atom stereocenters. The molecule has 0 bridgehead atoms. The van der Waals surface area contributed by atoms with Gasteiger partial charge >= 0.3 is 6.18 Å². The number of carbonyl (C=O) groups excluding carboxylic acids is 1. The lowest BCUT2D eigenvalue weighted by Gasteiger charge is -2.22. The summed E-state index contributed by atoms with van der Waals surface area (Å²) in [6.45, 7) is -2.79. The summed E-state index contributed by atoms with van der Waals surface area (Å²) in [5.74, 6) is -2.17. The second-order valence-electron chi connectivity index (χ2n) is 5.58. The Hall–Kier alpha value is -2.46. The first kappa shape index (κ1) is 20.8. The highest BCUT2D eigenvalue weighted by atomic mass is 32.2. The molecule has 0 aliphatic heterocycles. The van der Waals surface area contributed by atoms with Crippen molar-refractivity contribution in [1.29, 1.82) is 0 Å². The molecule has 0 fully saturated rings. The molecular weight excluding hydrogens is 388 g/mol. The molecule has 5 nitrogen and oxygen atoms in total. The van der Waals surface area contributed by atoms with Crippen molar-refractivity contribution in [3.63, 3.8) is 0 Å². The first-order valence-electron chi connectivity index (χ1n) is 7.71. The summed E-state index contributed by atoms with van der Waals surface area (Å²) in [5.41, 5.74) is 0.487. The Balaban J connectivity index is 2.29. The first-order valence-corrected chi connectivity index (χ1v) is 9.15. The Kier molecular flexibility index (Phi) is 6.55. The van der Waals surface area contributed by atoms with Crippen LogP contribution in [0.1, 0.15) is 5.56 Å². The largest absolute Gasteiger partial charge is 0.405 e. The van der Waals surface area contributed by atoms with Crippen LogP contribution in [-0.4, -0.2) is 37.9 Å². The van der Waals surface area contributed by atoms with Crippen molar-refractivity contribution in [3.8, 4) is 0 Å². The highest BCUT2D eigenvalue weighted by Crippen LogP contribution is 2.21. The SMILES string of the molecule is O=C(CN(Cc1ccccc1)S(=O)(=O)c1ccccc1F)NCC(F)(F)F. The molecule has 2 aromatic carbocycles. The van der Waals surface area contributed by atoms with E-state index in [1.807, 2.05) is 0 Å². The number of sulfonamides is 1. The molecule has 0 saturated heterocycles. The van der Waals surface area contributed by atoms with Gasteiger partial charge in [-0.15, -0.1) is 0 Å². The van der Waals surface area contributed by atoms with Gasteiger partial charge in [-0.1, -0.05) is 42.5 Å². The quantitative estimate of drug-likeness (QED) is 0.722. The average Bonchev–Trinajstić information content (AvgIpc) is 2.60. The normalized spacial score (nSPS) is 12.2. The summed E-state index contributed by atoms with van der Waals surface area (Å²) in [5, 5.41) is 1.61. The number of carbonyl (C=O) groups is 1. The number of nitrogens with one attached hydrogen (secondary N) is 1. The van der Waals surface area contributed by atoms with Crippen molar-refractivity contribution in [2.75, 3.05) is 13.1 Å². The van der Waals surface area contributed by atoms with Crippen LogP contribution in [0.3, 0.4) is 0 Å². The Morgan fingerprint density at radius 3 is 2.19 bits per heavy atom. The van der Waals surface area contributed by atoms with E-state index < -0.39 is 45.9 Å². The monoisotopic (exact) mass is 404 g/mol. The number of amides is 1. The lowest BCUT2D eigenvalue weighted by molar-refractivity contribution is -0.138. The van der Waals surface area contributed by atoms with Crippen LogP contribution in [0.5, 0.6) is 0 Å². The predicted molar refractivity (Wildman–Crippen MR) is 89.5 cm³/mol. The molecule has 0 spiro atoms. The minimum absolute atomic E-state index is 0.309. The minimum atomic E-state index is -4.63. The van der Waals surface area contributed by atoms with Gasteiger partial charge < -0.3 is 5.32 Å². The van der Waals surface area contributed by atoms with Gasteiger partial charge in [0.1, 0.15) is 17.3 Å². The molecule has 10 heteroatoms. The minimum Gasteiger partial charge on any atom is -0.346 e. The van der Waals surface area contributed by atoms with Crippen LogP contribution in [-0.2, 0) is 21.4 Å². The van der Waals surface area contributed by atoms with Gasteiger partial charge in [0.15, 0.2) is 0 Å². The van der Waals surface area contributed by atoms with Crippen molar-refractivity contribution in [2.24, 2.45) is 0 Å². The molecule has 0 atom stereocenters. The summed E-state index contributed by atoms with van der Waals surface area (Å²) in [6.07, 6.45) is -4.63. The Labute approximate surface area is 153 Å². The molecule has 0 aliphatic carbocycles. The van der Waals surface area contributed by atoms with Crippen LogP contribution in [0.25, 0.3) is 0 Å². The molecule has 0 radical (unpaired) electrons. The zero-order chi connectivity index (χ0) is 20.1. The van der Waals surface area contributed by atoms with Crippen LogP contribution in [0.4, 0.5) is 17.6 Å². The van der Waals surface area contributed by atoms with Crippen LogP contribution in [0.15, 0.2) is 59.5 Å². The van der Waals surface area contributed by atoms with E-state index in [1.54, 1.807) is 35.6 Å². The van der Waals surface area contributed by atoms with E-state index in [0.29, 0.717) is 9.87 Å². The Bertz CT molecular complexity index is 887. The van der Waals surface area contributed by atoms with Crippen molar-refractivity contribution >= 4 is 15.9 Å². The van der Waals surface area contributed by atoms with Gasteiger partial charge in [0.2, 0.25) is 15.9 Å². The third kappa shape index (κ3) is 6.04. The number of hydrogen-bond acceptors (Lipinski definition) is 3. The summed E-state index contributed by atoms with van der Waals surface area (Å²) < 4.78 is 76.9. The second-order valence-corrected chi connectivity index (χ2v) is 7.49. The highest BCUT2D eigenvalue weighted by molar-refractivity contribution is 7.89. The maximum absolute atomic E-state index is 14.0. The van der Waals surface area contributed by atoms with Gasteiger partial charge in [-0.05, 0) is 17.7 Å². The van der Waals surface area contributed by atoms with E-state index in [4.69, 9.17) is 0 Å². The van der Waals surface area contributed by atoms with E-state index in [0.717, 1.165) is 12.1 Å². The van der Waals surface area contributed by atoms with Gasteiger partial charge in [0, 0.05) is 6.54 Å². The van der Waals surface area contributed by atoms with Gasteiger partial charge in [0.05, 0.1) is 6.54 Å². The third-order valence-electron chi connectivity index (χ3n) is 3.46. The van der Waals surface area contributed by atoms with Crippen molar-refractivity contribution in [3.05, 3.63) is 66.0 Å². The standard InChI is InChI=1S/C17H16F4N2O3S/c18-14-8-4-5-9-15(14)27(25,26)23(10-13-6-2-1-3-7-13)11-16(24)22-12-17(19,20)21/h1-9H,10-12H2,(H,22,24). The third-order valence-corrected chi connectivity index (χ3v) is 5.29. The lowest BCUT2D eigenvalue weighted by atomic mass is 10.2. The average molecular weight is 404 g/mol. The molecule has 1 N–H and O–H groups in total. The first-order chi connectivity index (χ1) is 12.6. The van der Waals surface area contributed by atoms with Crippen molar-refractivity contribution in [1.82, 2.24) is 9.62 Å². The molecule has 27 heavy (non-hydrogen) atoms. The van der Waals surface area contributed by atoms with Crippen LogP contribution < -0.4 is 5.32 Å². The number of alkyl halides is 3. The summed E-state index contributed by atoms with van der Waals surface area (Å²) in [4.78, 5) is 11.2. The van der Waals surface area contributed by atoms with Crippen LogP contribution in [0, 0.1) is 5.82 Å². The number of halogens is 4. The van der Waals surface area contributed by atoms with E-state index in [9.17, 15) is 30.8 Å². The van der Waals surface area contributed by atoms with Crippen molar-refractivity contribution in [2.45, 2.75) is 17.6 Å². The van der Waals surface area contributed by atoms with E-state index in [1.165, 1.54) is 12.1 Å². The zero-order valence-corrected chi connectivity index (χ0v) is 14.7. The fourth-order valence-electron chi connectivity index (χ4n) is 2.22. The molecule has 0 aromatic heterocycles. The van der Waals surface area contributed by atoms with E-state index in [2.05, 4.69) is 0 Å². The lowest BCUT2D eigenvalue weighted by Crippen LogP contribution is -2.43. The van der Waals surface area contributed by atoms with Gasteiger partial charge in [0.25, 0.3) is 0 Å². The highest BCUT2D eigenvalue weighted by Gasteiger charge is 2.31. The Morgan fingerprint density at radius 2 is 1.59 bits per heavy atom. The Morgan fingerprint density at radius 1 is 1.00 bits per heavy atom. The van der Waals surface area contributed by atoms with Gasteiger partial charge in [-0.25, -0.2) is 12.8 Å². The molecular formula is C17H16F4N2O3S. The number of hydrogen-bond donors (Lipinski definition) is 1. The van der Waals surface area contributed by atoms with E-state index in [-0.39, 0.29) is 6.54 Å². The van der Waals surface area contributed by atoms with Gasteiger partial charge in [-0.2, -0.15) is 17.5 Å². The second kappa shape index (κ2) is 8.49. The molecule has 2 rings (SSSR count). The molecule has 0 heterocycles. The fourth-order valence-corrected chi connectivity index (χ4v) is 3.67. The molecule has 0 aliphatic rings. The summed E-state index contributed by atoms with van der Waals surface area (Å²) >= 11 is 0. The smallest absolute Gasteiger partial charge is 0.346 e. The van der Waals surface area contributed by atoms with Crippen LogP contribution >= 0.6 is 0 Å². The fraction of sp³-hybridized carbons (Fsp3) is 0.235. The number of nitrogens with zero attached hydrogens (tertiary/aromatic N) is 1. The predicted octanol–water partition coefficient (Wildman–Crippen LogP) is 2.70. The topological polar surface area (TPSA) is 66.5 Å². The van der Waals surface area contributed by atoms with Gasteiger partial charge in [-0.3, -0.25) is 4.79 Å². The summed E-state index contributed by atoms with van der Waals surface area (Å²) in [6, 6.07) is 12.7. The maximum atomic E-state index is 14.0. The molecule has 2 aromatic rings. The maximum Gasteiger partial charge on any atom is 0.405 e.